The zero-order chi connectivity index (χ0) is 19.2. The van der Waals surface area contributed by atoms with Gasteiger partial charge in [-0.15, -0.1) is 0 Å². The van der Waals surface area contributed by atoms with E-state index in [1.807, 2.05) is 20.8 Å². The quantitative estimate of drug-likeness (QED) is 0.429. The van der Waals surface area contributed by atoms with Crippen LogP contribution in [0.5, 0.6) is 0 Å². The van der Waals surface area contributed by atoms with Crippen molar-refractivity contribution in [3.05, 3.63) is 0 Å². The molecule has 0 spiro atoms. The van der Waals surface area contributed by atoms with Gasteiger partial charge in [0.2, 0.25) is 0 Å². The van der Waals surface area contributed by atoms with Gasteiger partial charge in [0, 0.05) is 24.9 Å². The summed E-state index contributed by atoms with van der Waals surface area (Å²) in [5, 5.41) is 4.24. The van der Waals surface area contributed by atoms with Gasteiger partial charge in [-0.25, -0.2) is 4.79 Å². The average Bonchev–Trinajstić information content (AvgIpc) is 3.05. The van der Waals surface area contributed by atoms with Gasteiger partial charge in [0.25, 0.3) is 0 Å². The highest BCUT2D eigenvalue weighted by Crippen LogP contribution is 2.27. The van der Waals surface area contributed by atoms with Crippen molar-refractivity contribution in [3.8, 4) is 0 Å². The maximum Gasteiger partial charge on any atom is 0.410 e. The molecule has 26 heavy (non-hydrogen) atoms. The predicted octanol–water partition coefficient (Wildman–Crippen LogP) is 3.50. The number of carbonyl (C=O) groups is 1. The van der Waals surface area contributed by atoms with E-state index in [1.165, 1.54) is 25.7 Å². The van der Waals surface area contributed by atoms with Crippen LogP contribution < -0.4 is 11.1 Å². The number of amides is 1. The Morgan fingerprint density at radius 3 is 2.46 bits per heavy atom. The molecular weight excluding hydrogens is 368 g/mol. The Morgan fingerprint density at radius 1 is 1.27 bits per heavy atom. The summed E-state index contributed by atoms with van der Waals surface area (Å²) in [6.07, 6.45) is 6.69. The molecule has 8 heteroatoms. The smallest absolute Gasteiger partial charge is 0.410 e. The number of thioether (sulfide) groups is 1. The summed E-state index contributed by atoms with van der Waals surface area (Å²) in [6.45, 7) is 6.95. The highest BCUT2D eigenvalue weighted by atomic mass is 32.2. The van der Waals surface area contributed by atoms with Crippen LogP contribution in [0.15, 0.2) is 4.99 Å². The molecule has 2 rings (SSSR count). The van der Waals surface area contributed by atoms with Crippen LogP contribution in [0.3, 0.4) is 0 Å². The van der Waals surface area contributed by atoms with Crippen molar-refractivity contribution in [2.45, 2.75) is 70.9 Å². The second kappa shape index (κ2) is 9.78. The molecule has 1 amide bonds. The maximum atomic E-state index is 12.1. The number of aliphatic imine (C=N–C) groups is 1. The SMILES string of the molecule is CC(C)(C)OC(=O)N1CCC(NC(=S)/N=C(\N)SCC2CCCC2)CC1. The Morgan fingerprint density at radius 2 is 1.88 bits per heavy atom. The molecule has 0 radical (unpaired) electrons. The van der Waals surface area contributed by atoms with Crippen LogP contribution in [0.25, 0.3) is 0 Å². The molecule has 1 heterocycles. The molecule has 0 aromatic rings. The average molecular weight is 401 g/mol. The molecule has 0 aromatic heterocycles. The van der Waals surface area contributed by atoms with E-state index in [0.29, 0.717) is 23.4 Å². The third-order valence-electron chi connectivity index (χ3n) is 4.63. The largest absolute Gasteiger partial charge is 0.444 e. The van der Waals surface area contributed by atoms with E-state index < -0.39 is 5.60 Å². The first-order chi connectivity index (χ1) is 12.2. The van der Waals surface area contributed by atoms with E-state index in [-0.39, 0.29) is 12.1 Å². The fourth-order valence-corrected chi connectivity index (χ4v) is 4.47. The lowest BCUT2D eigenvalue weighted by atomic mass is 10.1. The number of nitrogens with two attached hydrogens (primary N) is 1. The first-order valence-electron chi connectivity index (χ1n) is 9.48. The van der Waals surface area contributed by atoms with Gasteiger partial charge in [0.1, 0.15) is 5.60 Å². The Labute approximate surface area is 166 Å². The van der Waals surface area contributed by atoms with E-state index in [4.69, 9.17) is 22.7 Å². The van der Waals surface area contributed by atoms with Gasteiger partial charge in [-0.2, -0.15) is 4.99 Å². The Kier molecular flexibility index (Phi) is 8.01. The summed E-state index contributed by atoms with van der Waals surface area (Å²) < 4.78 is 5.41. The summed E-state index contributed by atoms with van der Waals surface area (Å²) >= 11 is 6.92. The Balaban J connectivity index is 1.68. The molecule has 1 aliphatic heterocycles. The van der Waals surface area contributed by atoms with Crippen molar-refractivity contribution in [2.24, 2.45) is 16.6 Å². The standard InChI is InChI=1S/C18H32N4O2S2/c1-18(2,3)24-17(23)22-10-8-14(9-11-22)20-16(25)21-15(19)26-12-13-6-4-5-7-13/h13-14H,4-12H2,1-3H3,(H3,19,20,21,25). The van der Waals surface area contributed by atoms with Gasteiger partial charge in [-0.3, -0.25) is 0 Å². The molecule has 1 saturated heterocycles. The topological polar surface area (TPSA) is 80.0 Å². The second-order valence-corrected chi connectivity index (χ2v) is 9.53. The van der Waals surface area contributed by atoms with Gasteiger partial charge in [0.15, 0.2) is 10.3 Å². The van der Waals surface area contributed by atoms with Gasteiger partial charge >= 0.3 is 6.09 Å². The maximum absolute atomic E-state index is 12.1. The molecule has 2 aliphatic rings. The Bertz CT molecular complexity index is 520. The van der Waals surface area contributed by atoms with E-state index >= 15 is 0 Å². The summed E-state index contributed by atoms with van der Waals surface area (Å²) in [5.41, 5.74) is 5.53. The van der Waals surface area contributed by atoms with Crippen LogP contribution in [0.2, 0.25) is 0 Å². The van der Waals surface area contributed by atoms with Crippen molar-refractivity contribution in [3.63, 3.8) is 0 Å². The first-order valence-corrected chi connectivity index (χ1v) is 10.9. The number of nitrogens with one attached hydrogen (secondary N) is 1. The fourth-order valence-electron chi connectivity index (χ4n) is 3.25. The minimum Gasteiger partial charge on any atom is -0.444 e. The third-order valence-corrected chi connectivity index (χ3v) is 5.86. The van der Waals surface area contributed by atoms with E-state index in [1.54, 1.807) is 16.7 Å². The normalized spacial score (nSPS) is 20.3. The molecule has 3 N–H and O–H groups in total. The van der Waals surface area contributed by atoms with Crippen LogP contribution >= 0.6 is 24.0 Å². The highest BCUT2D eigenvalue weighted by Gasteiger charge is 2.27. The summed E-state index contributed by atoms with van der Waals surface area (Å²) in [6, 6.07) is 0.220. The number of hydrogen-bond donors (Lipinski definition) is 2. The van der Waals surface area contributed by atoms with Crippen LogP contribution in [-0.4, -0.2) is 51.8 Å². The van der Waals surface area contributed by atoms with Crippen LogP contribution in [0, 0.1) is 5.92 Å². The second-order valence-electron chi connectivity index (χ2n) is 8.10. The van der Waals surface area contributed by atoms with Crippen molar-refractivity contribution in [1.29, 1.82) is 0 Å². The van der Waals surface area contributed by atoms with Gasteiger partial charge in [0.05, 0.1) is 0 Å². The van der Waals surface area contributed by atoms with Crippen molar-refractivity contribution < 1.29 is 9.53 Å². The zero-order valence-corrected chi connectivity index (χ0v) is 17.8. The number of carbonyl (C=O) groups excluding carboxylic acids is 1. The van der Waals surface area contributed by atoms with Crippen molar-refractivity contribution in [2.75, 3.05) is 18.8 Å². The number of amidine groups is 1. The number of likely N-dealkylation sites (tertiary alicyclic amines) is 1. The lowest BCUT2D eigenvalue weighted by molar-refractivity contribution is 0.0203. The third kappa shape index (κ3) is 7.70. The van der Waals surface area contributed by atoms with E-state index in [9.17, 15) is 4.79 Å². The molecule has 1 aliphatic carbocycles. The first kappa shape index (κ1) is 21.3. The minimum absolute atomic E-state index is 0.220. The fraction of sp³-hybridized carbons (Fsp3) is 0.833. The van der Waals surface area contributed by atoms with Crippen LogP contribution in [0.4, 0.5) is 4.79 Å². The van der Waals surface area contributed by atoms with Gasteiger partial charge < -0.3 is 20.7 Å². The lowest BCUT2D eigenvalue weighted by Crippen LogP contribution is -2.47. The molecule has 2 fully saturated rings. The number of rotatable bonds is 3. The number of ether oxygens (including phenoxy) is 1. The van der Waals surface area contributed by atoms with Gasteiger partial charge in [-0.05, 0) is 64.6 Å². The molecule has 0 unspecified atom stereocenters. The monoisotopic (exact) mass is 400 g/mol. The lowest BCUT2D eigenvalue weighted by Gasteiger charge is -2.33. The minimum atomic E-state index is -0.462. The van der Waals surface area contributed by atoms with Gasteiger partial charge in [-0.1, -0.05) is 24.6 Å². The molecule has 0 aromatic carbocycles. The van der Waals surface area contributed by atoms with Crippen LogP contribution in [0.1, 0.15) is 59.3 Å². The number of thiocarbonyl (C=S) groups is 1. The van der Waals surface area contributed by atoms with E-state index in [2.05, 4.69) is 10.3 Å². The van der Waals surface area contributed by atoms with E-state index in [0.717, 1.165) is 24.5 Å². The molecular formula is C18H32N4O2S2. The molecule has 148 valence electrons. The highest BCUT2D eigenvalue weighted by molar-refractivity contribution is 8.13. The number of nitrogens with zero attached hydrogens (tertiary/aromatic N) is 2. The Hall–Kier alpha value is -1.02. The summed E-state index contributed by atoms with van der Waals surface area (Å²) in [7, 11) is 0. The predicted molar refractivity (Wildman–Crippen MR) is 113 cm³/mol. The molecule has 6 nitrogen and oxygen atoms in total. The number of hydrogen-bond acceptors (Lipinski definition) is 4. The summed E-state index contributed by atoms with van der Waals surface area (Å²) in [5.74, 6) is 1.80. The number of piperidine rings is 1. The van der Waals surface area contributed by atoms with Crippen LogP contribution in [-0.2, 0) is 4.74 Å². The molecule has 1 saturated carbocycles. The molecule has 0 bridgehead atoms. The zero-order valence-electron chi connectivity index (χ0n) is 16.1. The summed E-state index contributed by atoms with van der Waals surface area (Å²) in [4.78, 5) is 18.1. The van der Waals surface area contributed by atoms with Crippen molar-refractivity contribution >= 4 is 40.4 Å². The molecule has 0 atom stereocenters. The van der Waals surface area contributed by atoms with Crippen molar-refractivity contribution in [1.82, 2.24) is 10.2 Å².